The standard InChI is InChI=1S/C21H30N3OP.C8H7F3S/c1-16-7-9-23(10-8-16)15-18-5-6-21-20(17(18)2)13-19(14-22)24(21)11-12-26(3,4)25;1-5-3-7(12-6(5)2)4-8(9,10)11/h5-6,13,16H,7-12,15H2,1-4H3;3H,1-2,4H2. The van der Waals surface area contributed by atoms with Gasteiger partial charge in [0.1, 0.15) is 11.8 Å². The number of hydrogen-bond donors (Lipinski definition) is 0. The lowest BCUT2D eigenvalue weighted by Crippen LogP contribution is -2.32. The molecular formula is C29H37F3N3OPS. The topological polar surface area (TPSA) is 49.0 Å². The number of thiophene rings is 1. The van der Waals surface area contributed by atoms with E-state index in [4.69, 9.17) is 0 Å². The molecule has 0 aliphatic carbocycles. The van der Waals surface area contributed by atoms with E-state index in [0.717, 1.165) is 34.7 Å². The molecule has 0 spiro atoms. The molecule has 3 aromatic rings. The molecule has 0 bridgehead atoms. The molecule has 3 heterocycles. The summed E-state index contributed by atoms with van der Waals surface area (Å²) in [4.78, 5) is 2.82. The van der Waals surface area contributed by atoms with E-state index in [9.17, 15) is 23.0 Å². The first kappa shape index (κ1) is 30.2. The van der Waals surface area contributed by atoms with Gasteiger partial charge in [-0.3, -0.25) is 4.90 Å². The molecule has 2 aromatic heterocycles. The summed E-state index contributed by atoms with van der Waals surface area (Å²) in [5, 5.41) is 11.3. The fourth-order valence-corrected chi connectivity index (χ4v) is 6.27. The molecule has 0 atom stereocenters. The maximum Gasteiger partial charge on any atom is 0.393 e. The number of alkyl halides is 3. The number of likely N-dealkylation sites (tertiary alicyclic amines) is 1. The van der Waals surface area contributed by atoms with Crippen LogP contribution in [-0.2, 0) is 24.1 Å². The minimum atomic E-state index is -4.14. The van der Waals surface area contributed by atoms with Gasteiger partial charge in [-0.25, -0.2) is 0 Å². The predicted octanol–water partition coefficient (Wildman–Crippen LogP) is 6.35. The first-order chi connectivity index (χ1) is 17.7. The molecule has 0 N–H and O–H groups in total. The van der Waals surface area contributed by atoms with Crippen molar-refractivity contribution in [2.24, 2.45) is 5.92 Å². The molecule has 1 aliphatic heterocycles. The first-order valence-corrected chi connectivity index (χ1v) is 16.4. The van der Waals surface area contributed by atoms with Gasteiger partial charge in [-0.1, -0.05) is 26.1 Å². The second kappa shape index (κ2) is 12.2. The van der Waals surface area contributed by atoms with Crippen LogP contribution in [0.3, 0.4) is 0 Å². The molecule has 4 rings (SSSR count). The summed E-state index contributed by atoms with van der Waals surface area (Å²) < 4.78 is 50.3. The summed E-state index contributed by atoms with van der Waals surface area (Å²) in [6.07, 6.45) is -1.83. The Balaban J connectivity index is 0.000000279. The molecule has 0 amide bonds. The lowest BCUT2D eigenvalue weighted by molar-refractivity contribution is -0.126. The largest absolute Gasteiger partial charge is 0.393 e. The molecule has 0 saturated carbocycles. The van der Waals surface area contributed by atoms with E-state index in [1.165, 1.54) is 43.1 Å². The Hall–Kier alpha value is -2.33. The van der Waals surface area contributed by atoms with E-state index in [0.29, 0.717) is 28.2 Å². The second-order valence-corrected chi connectivity index (χ2v) is 15.6. The summed E-state index contributed by atoms with van der Waals surface area (Å²) in [7, 11) is -2.10. The van der Waals surface area contributed by atoms with Crippen molar-refractivity contribution in [1.82, 2.24) is 9.47 Å². The number of nitriles is 1. The lowest BCUT2D eigenvalue weighted by atomic mass is 9.97. The SMILES string of the molecule is C=c1cc(CC(F)(F)F)sc1=C.Cc1c(CN2CCC(C)CC2)ccc2c1cc(C#N)n2CCP(C)(C)=O. The van der Waals surface area contributed by atoms with Crippen molar-refractivity contribution in [3.63, 3.8) is 0 Å². The summed E-state index contributed by atoms with van der Waals surface area (Å²) in [5.41, 5.74) is 4.38. The highest BCUT2D eigenvalue weighted by Crippen LogP contribution is 2.36. The summed E-state index contributed by atoms with van der Waals surface area (Å²) in [6, 6.07) is 10.1. The molecule has 1 aliphatic rings. The van der Waals surface area contributed by atoms with Gasteiger partial charge in [0.25, 0.3) is 0 Å². The zero-order chi connectivity index (χ0) is 28.3. The van der Waals surface area contributed by atoms with Crippen LogP contribution in [0.4, 0.5) is 13.2 Å². The molecule has 0 unspecified atom stereocenters. The fourth-order valence-electron chi connectivity index (χ4n) is 4.64. The van der Waals surface area contributed by atoms with Crippen molar-refractivity contribution in [1.29, 1.82) is 5.26 Å². The van der Waals surface area contributed by atoms with E-state index >= 15 is 0 Å². The van der Waals surface area contributed by atoms with Gasteiger partial charge < -0.3 is 9.13 Å². The molecule has 9 heteroatoms. The Morgan fingerprint density at radius 3 is 2.37 bits per heavy atom. The van der Waals surface area contributed by atoms with E-state index in [1.807, 2.05) is 24.0 Å². The van der Waals surface area contributed by atoms with Crippen LogP contribution < -0.4 is 9.75 Å². The molecule has 1 saturated heterocycles. The lowest BCUT2D eigenvalue weighted by Gasteiger charge is -2.30. The maximum absolute atomic E-state index is 12.1. The Morgan fingerprint density at radius 2 is 1.84 bits per heavy atom. The number of piperidine rings is 1. The van der Waals surface area contributed by atoms with E-state index in [-0.39, 0.29) is 4.88 Å². The molecule has 38 heavy (non-hydrogen) atoms. The van der Waals surface area contributed by atoms with Gasteiger partial charge in [0.2, 0.25) is 0 Å². The number of hydrogen-bond acceptors (Lipinski definition) is 4. The van der Waals surface area contributed by atoms with Gasteiger partial charge in [0.05, 0.1) is 13.6 Å². The quantitative estimate of drug-likeness (QED) is 0.329. The normalized spacial score (nSPS) is 15.3. The van der Waals surface area contributed by atoms with Crippen molar-refractivity contribution in [2.45, 2.75) is 52.4 Å². The van der Waals surface area contributed by atoms with Crippen LogP contribution in [-0.4, -0.2) is 48.2 Å². The number of aryl methyl sites for hydroxylation is 2. The number of fused-ring (bicyclic) bond motifs is 1. The second-order valence-electron chi connectivity index (χ2n) is 10.8. The van der Waals surface area contributed by atoms with Gasteiger partial charge in [0.15, 0.2) is 0 Å². The smallest absolute Gasteiger partial charge is 0.332 e. The van der Waals surface area contributed by atoms with Crippen LogP contribution in [0.15, 0.2) is 24.3 Å². The monoisotopic (exact) mass is 563 g/mol. The highest BCUT2D eigenvalue weighted by molar-refractivity contribution is 7.62. The third-order valence-corrected chi connectivity index (χ3v) is 9.35. The molecule has 206 valence electrons. The molecule has 1 aromatic carbocycles. The van der Waals surface area contributed by atoms with Crippen LogP contribution in [0.25, 0.3) is 24.1 Å². The number of rotatable bonds is 6. The van der Waals surface area contributed by atoms with Crippen molar-refractivity contribution < 1.29 is 17.7 Å². The van der Waals surface area contributed by atoms with Crippen LogP contribution in [0, 0.1) is 24.2 Å². The highest BCUT2D eigenvalue weighted by atomic mass is 32.1. The zero-order valence-corrected chi connectivity index (χ0v) is 24.4. The van der Waals surface area contributed by atoms with Crippen molar-refractivity contribution >= 4 is 42.5 Å². The summed E-state index contributed by atoms with van der Waals surface area (Å²) in [5.74, 6) is 0.843. The van der Waals surface area contributed by atoms with Gasteiger partial charge in [-0.15, -0.1) is 11.3 Å². The van der Waals surface area contributed by atoms with Gasteiger partial charge >= 0.3 is 6.18 Å². The van der Waals surface area contributed by atoms with Gasteiger partial charge in [-0.05, 0) is 86.6 Å². The van der Waals surface area contributed by atoms with Crippen molar-refractivity contribution in [3.05, 3.63) is 55.7 Å². The van der Waals surface area contributed by atoms with Crippen molar-refractivity contribution in [2.75, 3.05) is 32.6 Å². The van der Waals surface area contributed by atoms with Crippen molar-refractivity contribution in [3.8, 4) is 6.07 Å². The van der Waals surface area contributed by atoms with Crippen LogP contribution in [0.5, 0.6) is 0 Å². The Kier molecular flexibility index (Phi) is 9.73. The Morgan fingerprint density at radius 1 is 1.18 bits per heavy atom. The number of aromatic nitrogens is 1. The van der Waals surface area contributed by atoms with Crippen LogP contribution in [0.1, 0.15) is 41.5 Å². The van der Waals surface area contributed by atoms with E-state index in [1.54, 1.807) is 0 Å². The maximum atomic E-state index is 12.1. The first-order valence-electron chi connectivity index (χ1n) is 12.8. The third-order valence-electron chi connectivity index (χ3n) is 7.04. The number of benzene rings is 1. The molecule has 1 fully saturated rings. The molecular weight excluding hydrogens is 526 g/mol. The fraction of sp³-hybridized carbons (Fsp3) is 0.483. The van der Waals surface area contributed by atoms with Crippen LogP contribution in [0.2, 0.25) is 0 Å². The number of nitrogens with zero attached hydrogens (tertiary/aromatic N) is 3. The highest BCUT2D eigenvalue weighted by Gasteiger charge is 2.28. The average molecular weight is 564 g/mol. The Bertz CT molecular complexity index is 1430. The van der Waals surface area contributed by atoms with E-state index < -0.39 is 19.7 Å². The zero-order valence-electron chi connectivity index (χ0n) is 22.7. The van der Waals surface area contributed by atoms with Gasteiger partial charge in [-0.2, -0.15) is 18.4 Å². The van der Waals surface area contributed by atoms with Crippen LogP contribution >= 0.6 is 18.5 Å². The average Bonchev–Trinajstić information content (AvgIpc) is 3.33. The van der Waals surface area contributed by atoms with E-state index in [2.05, 4.69) is 50.1 Å². The predicted molar refractivity (Wildman–Crippen MR) is 154 cm³/mol. The Labute approximate surface area is 227 Å². The summed E-state index contributed by atoms with van der Waals surface area (Å²) in [6.45, 7) is 19.2. The molecule has 0 radical (unpaired) electrons. The summed E-state index contributed by atoms with van der Waals surface area (Å²) >= 11 is 1.05. The minimum absolute atomic E-state index is 0.275. The minimum Gasteiger partial charge on any atom is -0.332 e. The third kappa shape index (κ3) is 8.33. The number of halogens is 3. The molecule has 4 nitrogen and oxygen atoms in total. The van der Waals surface area contributed by atoms with Gasteiger partial charge in [0, 0.05) is 39.6 Å².